The predicted molar refractivity (Wildman–Crippen MR) is 460 cm³/mol. The van der Waals surface area contributed by atoms with Gasteiger partial charge in [0, 0.05) is 24.1 Å². The molecule has 121 heavy (non-hydrogen) atoms. The van der Waals surface area contributed by atoms with Gasteiger partial charge in [0.15, 0.2) is 0 Å². The second-order valence-corrected chi connectivity index (χ2v) is 23.7. The van der Waals surface area contributed by atoms with Crippen LogP contribution in [0.3, 0.4) is 0 Å². The summed E-state index contributed by atoms with van der Waals surface area (Å²) in [7, 11) is 0. The first-order chi connectivity index (χ1) is 54.6. The molecule has 0 bridgehead atoms. The van der Waals surface area contributed by atoms with Crippen molar-refractivity contribution in [1.29, 1.82) is 5.26 Å². The zero-order valence-corrected chi connectivity index (χ0v) is 61.3. The molecule has 10 rings (SSSR count). The van der Waals surface area contributed by atoms with Crippen molar-refractivity contribution in [2.45, 2.75) is 105 Å². The number of aryl methyl sites for hydroxylation is 1. The van der Waals surface area contributed by atoms with Crippen molar-refractivity contribution in [2.75, 3.05) is 47.2 Å². The summed E-state index contributed by atoms with van der Waals surface area (Å²) in [4.78, 5) is 93.2. The number of esters is 8. The number of hydrogen-bond donors (Lipinski definition) is 0. The van der Waals surface area contributed by atoms with Gasteiger partial charge in [-0.05, 0) is 235 Å². The van der Waals surface area contributed by atoms with Crippen molar-refractivity contribution in [2.24, 2.45) is 0 Å². The SMILES string of the molecule is C.C.C.C.C.C.C.C.C=C(F)C(=O)OCOc1ccc(OCOc2ccc(OC(=O)c3ccc(OCOC(=O)C(=C)F)cc3)c(C)c2)cc1.C=CC(=O)OCCCCCCOc1ccc(-c2ccc(C#N)cc2)cc1.C=CC(=O)OCOc1ccc(C(=O)Oc2ccc3c(c2)C(C)c2cc(OC(=O)c4ccc(OCOC(=O)C=C)cc4)ccc2-3)cc1. The number of rotatable bonds is 36. The highest BCUT2D eigenvalue weighted by Gasteiger charge is 2.28. The number of carbonyl (C=O) groups is 8. The lowest BCUT2D eigenvalue weighted by Crippen LogP contribution is -2.11. The van der Waals surface area contributed by atoms with Crippen LogP contribution in [0, 0.1) is 18.3 Å². The van der Waals surface area contributed by atoms with Gasteiger partial charge in [-0.25, -0.2) is 38.4 Å². The van der Waals surface area contributed by atoms with E-state index in [1.807, 2.05) is 79.7 Å². The third-order valence-corrected chi connectivity index (χ3v) is 16.0. The summed E-state index contributed by atoms with van der Waals surface area (Å²) in [5.74, 6) is -3.85. The average molecular weight is 1670 g/mol. The molecule has 0 spiro atoms. The molecular formula is C95H107F2NO23. The van der Waals surface area contributed by atoms with E-state index in [1.165, 1.54) is 30.3 Å². The molecule has 0 aliphatic heterocycles. The zero-order valence-electron chi connectivity index (χ0n) is 61.3. The van der Waals surface area contributed by atoms with Gasteiger partial charge in [-0.1, -0.05) is 136 Å². The molecule has 1 aliphatic rings. The molecule has 0 unspecified atom stereocenters. The fraction of sp³-hybridized carbons (Fsp3) is 0.232. The maximum atomic E-state index is 12.8. The van der Waals surface area contributed by atoms with Gasteiger partial charge in [0.2, 0.25) is 45.6 Å². The maximum absolute atomic E-state index is 12.8. The minimum absolute atomic E-state index is 0. The molecule has 0 atom stereocenters. The number of fused-ring (bicyclic) bond motifs is 3. The van der Waals surface area contributed by atoms with Crippen molar-refractivity contribution < 1.29 is 118 Å². The van der Waals surface area contributed by atoms with Gasteiger partial charge < -0.3 is 71.1 Å². The molecule has 9 aromatic carbocycles. The lowest BCUT2D eigenvalue weighted by Gasteiger charge is -2.12. The smallest absolute Gasteiger partial charge is 0.369 e. The van der Waals surface area contributed by atoms with Crippen LogP contribution in [0.4, 0.5) is 8.78 Å². The van der Waals surface area contributed by atoms with Crippen LogP contribution >= 0.6 is 0 Å². The molecule has 644 valence electrons. The van der Waals surface area contributed by atoms with Gasteiger partial charge in [-0.3, -0.25) is 0 Å². The first-order valence-electron chi connectivity index (χ1n) is 34.5. The summed E-state index contributed by atoms with van der Waals surface area (Å²) in [6.07, 6.45) is 7.12. The molecule has 0 saturated carbocycles. The Morgan fingerprint density at radius 3 is 1.06 bits per heavy atom. The summed E-state index contributed by atoms with van der Waals surface area (Å²) < 4.78 is 103. The van der Waals surface area contributed by atoms with Gasteiger partial charge in [0.25, 0.3) is 0 Å². The van der Waals surface area contributed by atoms with Crippen LogP contribution in [0.25, 0.3) is 22.3 Å². The number of unbranched alkanes of at least 4 members (excludes halogenated alkanes) is 3. The number of ether oxygens (including phenoxy) is 15. The number of benzene rings is 9. The summed E-state index contributed by atoms with van der Waals surface area (Å²) in [5, 5.41) is 8.84. The summed E-state index contributed by atoms with van der Waals surface area (Å²) in [5.41, 5.74) is 8.25. The molecule has 0 amide bonds. The van der Waals surface area contributed by atoms with E-state index < -0.39 is 67.0 Å². The number of hydrogen-bond acceptors (Lipinski definition) is 24. The van der Waals surface area contributed by atoms with Crippen LogP contribution in [0.1, 0.15) is 151 Å². The van der Waals surface area contributed by atoms with Gasteiger partial charge in [0.1, 0.15) is 57.5 Å². The van der Waals surface area contributed by atoms with Crippen molar-refractivity contribution >= 4 is 47.8 Å². The van der Waals surface area contributed by atoms with Gasteiger partial charge in [0.05, 0.1) is 41.5 Å². The van der Waals surface area contributed by atoms with E-state index >= 15 is 0 Å². The first kappa shape index (κ1) is 106. The van der Waals surface area contributed by atoms with Gasteiger partial charge >= 0.3 is 47.8 Å². The molecule has 0 radical (unpaired) electrons. The largest absolute Gasteiger partial charge is 0.494 e. The lowest BCUT2D eigenvalue weighted by molar-refractivity contribution is -0.148. The molecule has 0 aromatic heterocycles. The third-order valence-electron chi connectivity index (χ3n) is 16.0. The van der Waals surface area contributed by atoms with Gasteiger partial charge in [-0.2, -0.15) is 14.0 Å². The Hall–Kier alpha value is -14.6. The van der Waals surface area contributed by atoms with Crippen LogP contribution < -0.4 is 47.4 Å². The second kappa shape index (κ2) is 55.1. The van der Waals surface area contributed by atoms with Crippen molar-refractivity contribution in [1.82, 2.24) is 0 Å². The summed E-state index contributed by atoms with van der Waals surface area (Å²) in [6, 6.07) is 58.0. The average Bonchev–Trinajstić information content (AvgIpc) is 1.61. The monoisotopic (exact) mass is 1670 g/mol. The highest BCUT2D eigenvalue weighted by molar-refractivity contribution is 5.93. The molecule has 9 aromatic rings. The minimum atomic E-state index is -1.24. The Morgan fingerprint density at radius 1 is 0.364 bits per heavy atom. The number of carbonyl (C=O) groups excluding carboxylic acids is 8. The fourth-order valence-electron chi connectivity index (χ4n) is 10.1. The number of halogens is 2. The van der Waals surface area contributed by atoms with Gasteiger partial charge in [-0.15, -0.1) is 0 Å². The van der Waals surface area contributed by atoms with E-state index in [0.717, 1.165) is 77.0 Å². The highest BCUT2D eigenvalue weighted by Crippen LogP contribution is 2.47. The molecule has 0 heterocycles. The van der Waals surface area contributed by atoms with Crippen LogP contribution in [0.2, 0.25) is 0 Å². The standard InChI is InChI=1S/C36H28O10.C29H24F2O10.C22H23NO3.8CH4/c1-4-33(37)43-20-41-25-10-6-23(7-11-25)35(39)45-27-14-16-29-30-17-15-28(19-32(30)22(3)31(29)18-27)46-36(40)24-8-12-26(13-9-24)42-21-44-34(38)5-2;1-18-14-25(38-15-35-23-8-10-24(11-9-23)37-17-40-28(33)20(3)31)12-13-26(18)41-29(34)21-4-6-22(7-5-21)36-16-39-27(32)19(2)30;1-2-22(24)26-16-6-4-3-5-15-25-21-13-11-20(12-14-21)19-9-7-18(17-23)8-10-19;;;;;;;;/h4-19,22H,1-2,20-21H2,3H3;4-14H,2-3,15-17H2,1H3;2,7-14H,1,3-6,15-16H2;8*1H4. The topological polar surface area (TPSA) is 299 Å². The van der Waals surface area contributed by atoms with E-state index in [4.69, 9.17) is 66.8 Å². The molecule has 0 N–H and O–H groups in total. The van der Waals surface area contributed by atoms with Crippen molar-refractivity contribution in [3.63, 3.8) is 0 Å². The zero-order chi connectivity index (χ0) is 81.0. The Morgan fingerprint density at radius 2 is 0.678 bits per heavy atom. The summed E-state index contributed by atoms with van der Waals surface area (Å²) in [6.45, 7) is 18.8. The minimum Gasteiger partial charge on any atom is -0.494 e. The quantitative estimate of drug-likeness (QED) is 0.00880. The molecule has 24 nitrogen and oxygen atoms in total. The number of nitriles is 1. The van der Waals surface area contributed by atoms with E-state index in [2.05, 4.69) is 48.4 Å². The van der Waals surface area contributed by atoms with Crippen molar-refractivity contribution in [3.05, 3.63) is 302 Å². The first-order valence-corrected chi connectivity index (χ1v) is 34.5. The van der Waals surface area contributed by atoms with E-state index in [-0.39, 0.29) is 103 Å². The second-order valence-electron chi connectivity index (χ2n) is 23.7. The molecule has 26 heteroatoms. The highest BCUT2D eigenvalue weighted by atomic mass is 19.1. The Balaban J connectivity index is 0.00000179. The predicted octanol–water partition coefficient (Wildman–Crippen LogP) is 21.7. The van der Waals surface area contributed by atoms with Crippen LogP contribution in [-0.2, 0) is 47.7 Å². The number of nitrogens with zero attached hydrogens (tertiary/aromatic N) is 1. The van der Waals surface area contributed by atoms with Crippen LogP contribution in [0.15, 0.2) is 263 Å². The van der Waals surface area contributed by atoms with E-state index in [9.17, 15) is 47.1 Å². The van der Waals surface area contributed by atoms with E-state index in [0.29, 0.717) is 81.5 Å². The van der Waals surface area contributed by atoms with Crippen LogP contribution in [-0.4, -0.2) is 94.9 Å². The Labute approximate surface area is 707 Å². The van der Waals surface area contributed by atoms with E-state index in [1.54, 1.807) is 110 Å². The van der Waals surface area contributed by atoms with Crippen LogP contribution in [0.5, 0.6) is 57.5 Å². The molecule has 1 aliphatic carbocycles. The molecule has 0 fully saturated rings. The third kappa shape index (κ3) is 34.2. The Kier molecular flexibility index (Phi) is 48.4. The lowest BCUT2D eigenvalue weighted by atomic mass is 9.99. The Bertz CT molecular complexity index is 4770. The van der Waals surface area contributed by atoms with Crippen molar-refractivity contribution in [3.8, 4) is 85.8 Å². The maximum Gasteiger partial charge on any atom is 0.369 e. The molecule has 0 saturated heterocycles. The fourth-order valence-corrected chi connectivity index (χ4v) is 10.1. The molecular weight excluding hydrogens is 1560 g/mol. The normalized spacial score (nSPS) is 9.88. The summed E-state index contributed by atoms with van der Waals surface area (Å²) >= 11 is 0.